The number of benzene rings is 1. The molecule has 0 aromatic heterocycles. The summed E-state index contributed by atoms with van der Waals surface area (Å²) < 4.78 is 0. The Kier molecular flexibility index (Phi) is 5.04. The van der Waals surface area contributed by atoms with Crippen molar-refractivity contribution < 1.29 is 0 Å². The van der Waals surface area contributed by atoms with Gasteiger partial charge >= 0.3 is 0 Å². The van der Waals surface area contributed by atoms with Gasteiger partial charge in [0.2, 0.25) is 0 Å². The molecule has 1 aromatic rings. The molecular weight excluding hydrogens is 244 g/mol. The molecule has 1 aliphatic heterocycles. The van der Waals surface area contributed by atoms with Crippen LogP contribution in [0.2, 0.25) is 5.02 Å². The molecule has 2 nitrogen and oxygen atoms in total. The summed E-state index contributed by atoms with van der Waals surface area (Å²) in [5.41, 5.74) is 2.65. The molecule has 0 radical (unpaired) electrons. The summed E-state index contributed by atoms with van der Waals surface area (Å²) >= 11 is 6.25. The topological polar surface area (TPSA) is 6.48 Å². The third-order valence-corrected chi connectivity index (χ3v) is 4.20. The van der Waals surface area contributed by atoms with E-state index >= 15 is 0 Å². The molecule has 2 rings (SSSR count). The van der Waals surface area contributed by atoms with E-state index in [-0.39, 0.29) is 0 Å². The van der Waals surface area contributed by atoms with Gasteiger partial charge in [0.05, 0.1) is 0 Å². The Morgan fingerprint density at radius 3 is 2.56 bits per heavy atom. The standard InChI is InChI=1S/C15H23ClN2/c1-13-5-3-7-15(16)14(13)6-4-8-18-11-9-17(2)10-12-18/h3,5,7H,4,6,8-12H2,1-2H3. The first kappa shape index (κ1) is 13.9. The van der Waals surface area contributed by atoms with Gasteiger partial charge in [0, 0.05) is 31.2 Å². The molecule has 3 heteroatoms. The maximum absolute atomic E-state index is 6.25. The van der Waals surface area contributed by atoms with Gasteiger partial charge in [0.15, 0.2) is 0 Å². The Bertz CT molecular complexity index is 364. The fraction of sp³-hybridized carbons (Fsp3) is 0.600. The summed E-state index contributed by atoms with van der Waals surface area (Å²) in [6.45, 7) is 8.15. The van der Waals surface area contributed by atoms with E-state index < -0.39 is 0 Å². The van der Waals surface area contributed by atoms with Crippen LogP contribution in [0.25, 0.3) is 0 Å². The third-order valence-electron chi connectivity index (χ3n) is 3.85. The lowest BCUT2D eigenvalue weighted by Gasteiger charge is -2.32. The molecule has 1 aromatic carbocycles. The van der Waals surface area contributed by atoms with Gasteiger partial charge in [-0.25, -0.2) is 0 Å². The van der Waals surface area contributed by atoms with E-state index in [0.29, 0.717) is 0 Å². The number of rotatable bonds is 4. The van der Waals surface area contributed by atoms with Crippen LogP contribution in [0.4, 0.5) is 0 Å². The number of hydrogen-bond donors (Lipinski definition) is 0. The minimum atomic E-state index is 0.924. The molecule has 1 fully saturated rings. The molecule has 0 saturated carbocycles. The average molecular weight is 267 g/mol. The highest BCUT2D eigenvalue weighted by Crippen LogP contribution is 2.21. The van der Waals surface area contributed by atoms with E-state index in [4.69, 9.17) is 11.6 Å². The zero-order chi connectivity index (χ0) is 13.0. The first-order chi connectivity index (χ1) is 8.66. The molecule has 0 bridgehead atoms. The Morgan fingerprint density at radius 2 is 1.89 bits per heavy atom. The Balaban J connectivity index is 1.78. The molecule has 0 N–H and O–H groups in total. The second kappa shape index (κ2) is 6.55. The highest BCUT2D eigenvalue weighted by Gasteiger charge is 2.13. The van der Waals surface area contributed by atoms with Gasteiger partial charge in [-0.15, -0.1) is 0 Å². The normalized spacial score (nSPS) is 18.2. The summed E-state index contributed by atoms with van der Waals surface area (Å²) in [6, 6.07) is 6.18. The largest absolute Gasteiger partial charge is 0.304 e. The lowest BCUT2D eigenvalue weighted by atomic mass is 10.0. The van der Waals surface area contributed by atoms with Crippen molar-refractivity contribution in [3.05, 3.63) is 34.3 Å². The molecule has 0 aliphatic carbocycles. The van der Waals surface area contributed by atoms with Crippen LogP contribution in [-0.2, 0) is 6.42 Å². The predicted molar refractivity (Wildman–Crippen MR) is 78.4 cm³/mol. The van der Waals surface area contributed by atoms with Gasteiger partial charge in [0.25, 0.3) is 0 Å². The number of aryl methyl sites for hydroxylation is 1. The minimum Gasteiger partial charge on any atom is -0.304 e. The van der Waals surface area contributed by atoms with Crippen LogP contribution in [0.1, 0.15) is 17.5 Å². The van der Waals surface area contributed by atoms with Crippen molar-refractivity contribution in [3.8, 4) is 0 Å². The summed E-state index contributed by atoms with van der Waals surface area (Å²) in [7, 11) is 2.20. The van der Waals surface area contributed by atoms with Crippen LogP contribution in [0.15, 0.2) is 18.2 Å². The highest BCUT2D eigenvalue weighted by molar-refractivity contribution is 6.31. The monoisotopic (exact) mass is 266 g/mol. The zero-order valence-electron chi connectivity index (χ0n) is 11.5. The molecule has 0 amide bonds. The number of likely N-dealkylation sites (N-methyl/N-ethyl adjacent to an activating group) is 1. The van der Waals surface area contributed by atoms with Crippen LogP contribution >= 0.6 is 11.6 Å². The van der Waals surface area contributed by atoms with Gasteiger partial charge < -0.3 is 9.80 Å². The van der Waals surface area contributed by atoms with E-state index in [2.05, 4.69) is 29.8 Å². The molecule has 1 aliphatic rings. The number of hydrogen-bond acceptors (Lipinski definition) is 2. The quantitative estimate of drug-likeness (QED) is 0.827. The van der Waals surface area contributed by atoms with E-state index in [0.717, 1.165) is 11.4 Å². The number of halogens is 1. The van der Waals surface area contributed by atoms with Crippen LogP contribution < -0.4 is 0 Å². The maximum Gasteiger partial charge on any atom is 0.0440 e. The van der Waals surface area contributed by atoms with E-state index in [1.54, 1.807) is 0 Å². The predicted octanol–water partition coefficient (Wildman–Crippen LogP) is 2.83. The molecule has 0 atom stereocenters. The summed E-state index contributed by atoms with van der Waals surface area (Å²) in [5, 5.41) is 0.924. The van der Waals surface area contributed by atoms with Crippen molar-refractivity contribution in [1.29, 1.82) is 0 Å². The van der Waals surface area contributed by atoms with Crippen molar-refractivity contribution in [2.45, 2.75) is 19.8 Å². The third kappa shape index (κ3) is 3.71. The van der Waals surface area contributed by atoms with Crippen LogP contribution in [0, 0.1) is 6.92 Å². The fourth-order valence-electron chi connectivity index (χ4n) is 2.53. The van der Waals surface area contributed by atoms with Crippen molar-refractivity contribution in [3.63, 3.8) is 0 Å². The Hall–Kier alpha value is -0.570. The summed E-state index contributed by atoms with van der Waals surface area (Å²) in [4.78, 5) is 4.96. The molecule has 1 heterocycles. The van der Waals surface area contributed by atoms with Crippen LogP contribution in [-0.4, -0.2) is 49.6 Å². The zero-order valence-corrected chi connectivity index (χ0v) is 12.2. The van der Waals surface area contributed by atoms with Gasteiger partial charge in [-0.05, 0) is 50.6 Å². The molecule has 18 heavy (non-hydrogen) atoms. The number of nitrogens with zero attached hydrogens (tertiary/aromatic N) is 2. The van der Waals surface area contributed by atoms with Gasteiger partial charge in [-0.1, -0.05) is 23.7 Å². The first-order valence-electron chi connectivity index (χ1n) is 6.81. The van der Waals surface area contributed by atoms with Crippen molar-refractivity contribution in [2.24, 2.45) is 0 Å². The lowest BCUT2D eigenvalue weighted by Crippen LogP contribution is -2.44. The lowest BCUT2D eigenvalue weighted by molar-refractivity contribution is 0.153. The van der Waals surface area contributed by atoms with Crippen molar-refractivity contribution in [1.82, 2.24) is 9.80 Å². The van der Waals surface area contributed by atoms with Crippen LogP contribution in [0.5, 0.6) is 0 Å². The second-order valence-electron chi connectivity index (χ2n) is 5.28. The van der Waals surface area contributed by atoms with E-state index in [1.807, 2.05) is 12.1 Å². The summed E-state index contributed by atoms with van der Waals surface area (Å²) in [5.74, 6) is 0. The van der Waals surface area contributed by atoms with Gasteiger partial charge in [-0.2, -0.15) is 0 Å². The second-order valence-corrected chi connectivity index (χ2v) is 5.69. The smallest absolute Gasteiger partial charge is 0.0440 e. The van der Waals surface area contributed by atoms with Crippen molar-refractivity contribution >= 4 is 11.6 Å². The first-order valence-corrected chi connectivity index (χ1v) is 7.19. The minimum absolute atomic E-state index is 0.924. The van der Waals surface area contributed by atoms with E-state index in [1.165, 1.54) is 50.3 Å². The SMILES string of the molecule is Cc1cccc(Cl)c1CCCN1CCN(C)CC1. The molecular formula is C15H23ClN2. The summed E-state index contributed by atoms with van der Waals surface area (Å²) in [6.07, 6.45) is 2.30. The van der Waals surface area contributed by atoms with Gasteiger partial charge in [0.1, 0.15) is 0 Å². The number of piperazine rings is 1. The van der Waals surface area contributed by atoms with E-state index in [9.17, 15) is 0 Å². The van der Waals surface area contributed by atoms with Crippen LogP contribution in [0.3, 0.4) is 0 Å². The Labute approximate surface area is 116 Å². The average Bonchev–Trinajstić information content (AvgIpc) is 2.35. The highest BCUT2D eigenvalue weighted by atomic mass is 35.5. The Morgan fingerprint density at radius 1 is 1.17 bits per heavy atom. The molecule has 1 saturated heterocycles. The van der Waals surface area contributed by atoms with Crippen molar-refractivity contribution in [2.75, 3.05) is 39.8 Å². The fourth-order valence-corrected chi connectivity index (χ4v) is 2.85. The maximum atomic E-state index is 6.25. The molecule has 100 valence electrons. The molecule has 0 spiro atoms. The van der Waals surface area contributed by atoms with Gasteiger partial charge in [-0.3, -0.25) is 0 Å². The molecule has 0 unspecified atom stereocenters.